The number of nitrogens with two attached hydrogens (primary N) is 2. The Morgan fingerprint density at radius 3 is 2.29 bits per heavy atom. The Kier molecular flexibility index (Phi) is 4.68. The molecule has 5 nitrogen and oxygen atoms in total. The van der Waals surface area contributed by atoms with Gasteiger partial charge in [0.2, 0.25) is 11.8 Å². The van der Waals surface area contributed by atoms with Crippen LogP contribution in [0.15, 0.2) is 54.6 Å². The molecule has 0 fully saturated rings. The van der Waals surface area contributed by atoms with Gasteiger partial charge in [-0.3, -0.25) is 9.59 Å². The van der Waals surface area contributed by atoms with Crippen molar-refractivity contribution < 1.29 is 9.59 Å². The molecule has 0 heterocycles. The quantitative estimate of drug-likeness (QED) is 0.772. The molecule has 2 aromatic carbocycles. The summed E-state index contributed by atoms with van der Waals surface area (Å²) in [4.78, 5) is 23.2. The van der Waals surface area contributed by atoms with Crippen molar-refractivity contribution in [2.45, 2.75) is 12.5 Å². The summed E-state index contributed by atoms with van der Waals surface area (Å²) in [6.45, 7) is 0. The minimum absolute atomic E-state index is 0.0665. The third-order valence-corrected chi connectivity index (χ3v) is 3.08. The van der Waals surface area contributed by atoms with Gasteiger partial charge in [-0.2, -0.15) is 0 Å². The summed E-state index contributed by atoms with van der Waals surface area (Å²) < 4.78 is 0. The van der Waals surface area contributed by atoms with Crippen LogP contribution in [0.3, 0.4) is 0 Å². The van der Waals surface area contributed by atoms with Crippen molar-refractivity contribution in [2.24, 2.45) is 11.5 Å². The second-order valence-corrected chi connectivity index (χ2v) is 4.68. The maximum absolute atomic E-state index is 12.2. The molecule has 0 saturated carbocycles. The zero-order chi connectivity index (χ0) is 15.2. The van der Waals surface area contributed by atoms with Crippen molar-refractivity contribution in [1.29, 1.82) is 0 Å². The molecule has 1 atom stereocenters. The molecule has 0 saturated heterocycles. The van der Waals surface area contributed by atoms with Crippen LogP contribution in [-0.2, 0) is 16.0 Å². The van der Waals surface area contributed by atoms with E-state index in [1.165, 1.54) is 0 Å². The number of carbonyl (C=O) groups excluding carboxylic acids is 2. The van der Waals surface area contributed by atoms with Crippen molar-refractivity contribution in [3.8, 4) is 0 Å². The molecule has 0 bridgehead atoms. The highest BCUT2D eigenvalue weighted by atomic mass is 16.2. The van der Waals surface area contributed by atoms with E-state index in [1.807, 2.05) is 18.2 Å². The fourth-order valence-corrected chi connectivity index (χ4v) is 2.01. The van der Waals surface area contributed by atoms with E-state index in [2.05, 4.69) is 5.32 Å². The molecule has 2 aromatic rings. The van der Waals surface area contributed by atoms with E-state index >= 15 is 0 Å². The zero-order valence-electron chi connectivity index (χ0n) is 11.5. The van der Waals surface area contributed by atoms with Gasteiger partial charge in [-0.05, 0) is 17.2 Å². The van der Waals surface area contributed by atoms with E-state index in [-0.39, 0.29) is 12.3 Å². The summed E-state index contributed by atoms with van der Waals surface area (Å²) in [5.41, 5.74) is 13.1. The van der Waals surface area contributed by atoms with E-state index in [0.29, 0.717) is 11.3 Å². The topological polar surface area (TPSA) is 98.2 Å². The molecule has 0 aliphatic heterocycles. The van der Waals surface area contributed by atoms with Gasteiger partial charge < -0.3 is 16.8 Å². The molecule has 0 unspecified atom stereocenters. The molecule has 2 amide bonds. The Bertz CT molecular complexity index is 641. The van der Waals surface area contributed by atoms with Gasteiger partial charge in [0, 0.05) is 5.69 Å². The van der Waals surface area contributed by atoms with Crippen molar-refractivity contribution in [3.05, 3.63) is 65.7 Å². The fraction of sp³-hybridized carbons (Fsp3) is 0.125. The Labute approximate surface area is 123 Å². The van der Waals surface area contributed by atoms with Gasteiger partial charge in [0.1, 0.15) is 6.04 Å². The number of carbonyl (C=O) groups is 2. The van der Waals surface area contributed by atoms with E-state index in [1.54, 1.807) is 36.4 Å². The highest BCUT2D eigenvalue weighted by Crippen LogP contribution is 2.18. The van der Waals surface area contributed by atoms with Gasteiger partial charge in [0.05, 0.1) is 6.42 Å². The maximum Gasteiger partial charge on any atom is 0.245 e. The van der Waals surface area contributed by atoms with Crippen LogP contribution in [0.1, 0.15) is 17.2 Å². The third-order valence-electron chi connectivity index (χ3n) is 3.08. The van der Waals surface area contributed by atoms with Gasteiger partial charge in [-0.25, -0.2) is 0 Å². The molecule has 5 N–H and O–H groups in total. The molecule has 0 spiro atoms. The van der Waals surface area contributed by atoms with Gasteiger partial charge in [0.15, 0.2) is 0 Å². The first-order valence-corrected chi connectivity index (χ1v) is 6.55. The highest BCUT2D eigenvalue weighted by Gasteiger charge is 2.17. The molecular formula is C16H17N3O2. The average Bonchev–Trinajstić information content (AvgIpc) is 2.49. The summed E-state index contributed by atoms with van der Waals surface area (Å²) in [6, 6.07) is 15.3. The molecule has 21 heavy (non-hydrogen) atoms. The monoisotopic (exact) mass is 283 g/mol. The predicted molar refractivity (Wildman–Crippen MR) is 81.3 cm³/mol. The van der Waals surface area contributed by atoms with Gasteiger partial charge in [-0.1, -0.05) is 48.5 Å². The number of nitrogens with one attached hydrogen (secondary N) is 1. The van der Waals surface area contributed by atoms with E-state index in [4.69, 9.17) is 11.5 Å². The fourth-order valence-electron chi connectivity index (χ4n) is 2.01. The number of amides is 2. The lowest BCUT2D eigenvalue weighted by atomic mass is 10.1. The number of anilines is 1. The largest absolute Gasteiger partial charge is 0.369 e. The molecule has 0 aromatic heterocycles. The number of benzene rings is 2. The van der Waals surface area contributed by atoms with E-state index < -0.39 is 11.9 Å². The molecule has 0 aliphatic rings. The minimum atomic E-state index is -0.771. The van der Waals surface area contributed by atoms with Gasteiger partial charge in [-0.15, -0.1) is 0 Å². The lowest BCUT2D eigenvalue weighted by Gasteiger charge is -2.14. The third kappa shape index (κ3) is 3.90. The average molecular weight is 283 g/mol. The first-order chi connectivity index (χ1) is 10.1. The lowest BCUT2D eigenvalue weighted by molar-refractivity contribution is -0.118. The Balaban J connectivity index is 2.14. The number of para-hydroxylation sites is 1. The molecule has 0 aliphatic carbocycles. The van der Waals surface area contributed by atoms with Crippen LogP contribution in [0.5, 0.6) is 0 Å². The number of primary amides is 1. The SMILES string of the molecule is NC(=O)Cc1ccccc1NC(=O)[C@@H](N)c1ccccc1. The first-order valence-electron chi connectivity index (χ1n) is 6.55. The maximum atomic E-state index is 12.2. The highest BCUT2D eigenvalue weighted by molar-refractivity contribution is 5.96. The Hall–Kier alpha value is -2.66. The normalized spacial score (nSPS) is 11.7. The minimum Gasteiger partial charge on any atom is -0.369 e. The van der Waals surface area contributed by atoms with E-state index in [9.17, 15) is 9.59 Å². The van der Waals surface area contributed by atoms with Crippen molar-refractivity contribution in [3.63, 3.8) is 0 Å². The molecule has 5 heteroatoms. The molecule has 108 valence electrons. The first kappa shape index (κ1) is 14.7. The number of hydrogen-bond acceptors (Lipinski definition) is 3. The van der Waals surface area contributed by atoms with Crippen molar-refractivity contribution in [1.82, 2.24) is 0 Å². The van der Waals surface area contributed by atoms with Crippen LogP contribution >= 0.6 is 0 Å². The van der Waals surface area contributed by atoms with Gasteiger partial charge in [0.25, 0.3) is 0 Å². The van der Waals surface area contributed by atoms with Crippen LogP contribution in [0, 0.1) is 0 Å². The van der Waals surface area contributed by atoms with Crippen LogP contribution < -0.4 is 16.8 Å². The molecule has 0 radical (unpaired) electrons. The standard InChI is InChI=1S/C16H17N3O2/c17-14(20)10-12-8-4-5-9-13(12)19-16(21)15(18)11-6-2-1-3-7-11/h1-9,15H,10,18H2,(H2,17,20)(H,19,21)/t15-/m0/s1. The Morgan fingerprint density at radius 1 is 1.00 bits per heavy atom. The number of hydrogen-bond donors (Lipinski definition) is 3. The second-order valence-electron chi connectivity index (χ2n) is 4.68. The summed E-state index contributed by atoms with van der Waals surface area (Å²) >= 11 is 0. The van der Waals surface area contributed by atoms with Crippen LogP contribution in [0.2, 0.25) is 0 Å². The summed E-state index contributed by atoms with van der Waals surface area (Å²) in [5.74, 6) is -0.790. The van der Waals surface area contributed by atoms with Crippen molar-refractivity contribution >= 4 is 17.5 Å². The van der Waals surface area contributed by atoms with E-state index in [0.717, 1.165) is 5.56 Å². The van der Waals surface area contributed by atoms with Crippen LogP contribution in [-0.4, -0.2) is 11.8 Å². The second kappa shape index (κ2) is 6.67. The molecule has 2 rings (SSSR count). The summed E-state index contributed by atoms with van der Waals surface area (Å²) in [5, 5.41) is 2.74. The molecular weight excluding hydrogens is 266 g/mol. The van der Waals surface area contributed by atoms with Crippen molar-refractivity contribution in [2.75, 3.05) is 5.32 Å². The predicted octanol–water partition coefficient (Wildman–Crippen LogP) is 1.35. The number of rotatable bonds is 5. The smallest absolute Gasteiger partial charge is 0.245 e. The Morgan fingerprint density at radius 2 is 1.62 bits per heavy atom. The zero-order valence-corrected chi connectivity index (χ0v) is 11.5. The lowest BCUT2D eigenvalue weighted by Crippen LogP contribution is -2.28. The summed E-state index contributed by atoms with van der Waals surface area (Å²) in [6.07, 6.45) is 0.0665. The summed E-state index contributed by atoms with van der Waals surface area (Å²) in [7, 11) is 0. The van der Waals surface area contributed by atoms with Crippen LogP contribution in [0.4, 0.5) is 5.69 Å². The van der Waals surface area contributed by atoms with Crippen LogP contribution in [0.25, 0.3) is 0 Å². The van der Waals surface area contributed by atoms with Gasteiger partial charge >= 0.3 is 0 Å².